The minimum Gasteiger partial charge on any atom is -0.449 e. The SMILES string of the molecule is C[C@H](OC(=O)c1cc(-c2cccs2)nc2ccccc12)C(=O)N1CCCC1. The molecule has 138 valence electrons. The van der Waals surface area contributed by atoms with Crippen LogP contribution in [0.25, 0.3) is 21.5 Å². The van der Waals surface area contributed by atoms with Gasteiger partial charge in [-0.05, 0) is 43.3 Å². The first-order valence-corrected chi connectivity index (χ1v) is 9.95. The summed E-state index contributed by atoms with van der Waals surface area (Å²) in [5.41, 5.74) is 1.90. The van der Waals surface area contributed by atoms with Crippen LogP contribution < -0.4 is 0 Å². The van der Waals surface area contributed by atoms with Crippen molar-refractivity contribution in [2.24, 2.45) is 0 Å². The third-order valence-electron chi connectivity index (χ3n) is 4.76. The van der Waals surface area contributed by atoms with Gasteiger partial charge in [-0.1, -0.05) is 24.3 Å². The van der Waals surface area contributed by atoms with Gasteiger partial charge in [0, 0.05) is 18.5 Å². The maximum absolute atomic E-state index is 12.9. The number of thiophene rings is 1. The van der Waals surface area contributed by atoms with Crippen molar-refractivity contribution >= 4 is 34.1 Å². The Kier molecular flexibility index (Phi) is 4.90. The van der Waals surface area contributed by atoms with Crippen LogP contribution in [0.2, 0.25) is 0 Å². The number of carbonyl (C=O) groups excluding carboxylic acids is 2. The van der Waals surface area contributed by atoms with Crippen molar-refractivity contribution in [1.82, 2.24) is 9.88 Å². The molecule has 3 aromatic rings. The molecule has 4 rings (SSSR count). The van der Waals surface area contributed by atoms with Gasteiger partial charge >= 0.3 is 5.97 Å². The van der Waals surface area contributed by atoms with Crippen molar-refractivity contribution in [1.29, 1.82) is 0 Å². The standard InChI is InChI=1S/C21H20N2O3S/c1-14(20(24)23-10-4-5-11-23)26-21(25)16-13-18(19-9-6-12-27-19)22-17-8-3-2-7-15(16)17/h2-3,6-9,12-14H,4-5,10-11H2,1H3/t14-/m0/s1. The second-order valence-corrected chi connectivity index (χ2v) is 7.58. The molecule has 1 fully saturated rings. The van der Waals surface area contributed by atoms with Crippen molar-refractivity contribution in [3.05, 3.63) is 53.4 Å². The van der Waals surface area contributed by atoms with Crippen molar-refractivity contribution in [2.45, 2.75) is 25.9 Å². The molecular weight excluding hydrogens is 360 g/mol. The second-order valence-electron chi connectivity index (χ2n) is 6.63. The highest BCUT2D eigenvalue weighted by Gasteiger charge is 2.27. The molecule has 27 heavy (non-hydrogen) atoms. The summed E-state index contributed by atoms with van der Waals surface area (Å²) < 4.78 is 5.54. The molecule has 0 unspecified atom stereocenters. The first kappa shape index (κ1) is 17.7. The number of fused-ring (bicyclic) bond motifs is 1. The first-order chi connectivity index (χ1) is 13.1. The van der Waals surface area contributed by atoms with Gasteiger partial charge in [0.2, 0.25) is 0 Å². The molecule has 5 nitrogen and oxygen atoms in total. The fourth-order valence-electron chi connectivity index (χ4n) is 3.36. The zero-order chi connectivity index (χ0) is 18.8. The molecule has 0 radical (unpaired) electrons. The zero-order valence-corrected chi connectivity index (χ0v) is 15.9. The fourth-order valence-corrected chi connectivity index (χ4v) is 4.05. The molecule has 0 bridgehead atoms. The Balaban J connectivity index is 1.65. The fraction of sp³-hybridized carbons (Fsp3) is 0.286. The molecule has 1 amide bonds. The summed E-state index contributed by atoms with van der Waals surface area (Å²) in [6, 6.07) is 13.2. The monoisotopic (exact) mass is 380 g/mol. The number of hydrogen-bond acceptors (Lipinski definition) is 5. The van der Waals surface area contributed by atoms with Crippen LogP contribution in [0.4, 0.5) is 0 Å². The molecule has 3 heterocycles. The summed E-state index contributed by atoms with van der Waals surface area (Å²) in [6.45, 7) is 3.12. The van der Waals surface area contributed by atoms with Crippen LogP contribution in [-0.2, 0) is 9.53 Å². The van der Waals surface area contributed by atoms with Crippen molar-refractivity contribution in [2.75, 3.05) is 13.1 Å². The molecule has 1 aliphatic heterocycles. The van der Waals surface area contributed by atoms with E-state index in [-0.39, 0.29) is 5.91 Å². The number of pyridine rings is 1. The molecule has 1 aromatic carbocycles. The number of ether oxygens (including phenoxy) is 1. The maximum atomic E-state index is 12.9. The van der Waals surface area contributed by atoms with Gasteiger partial charge in [0.05, 0.1) is 21.7 Å². The molecule has 1 atom stereocenters. The van der Waals surface area contributed by atoms with E-state index in [2.05, 4.69) is 4.98 Å². The van der Waals surface area contributed by atoms with E-state index in [0.717, 1.165) is 47.4 Å². The van der Waals surface area contributed by atoms with Gasteiger partial charge in [-0.3, -0.25) is 4.79 Å². The number of hydrogen-bond donors (Lipinski definition) is 0. The number of para-hydroxylation sites is 1. The molecule has 1 aliphatic rings. The van der Waals surface area contributed by atoms with Gasteiger partial charge in [-0.2, -0.15) is 0 Å². The van der Waals surface area contributed by atoms with Crippen molar-refractivity contribution in [3.63, 3.8) is 0 Å². The van der Waals surface area contributed by atoms with E-state index in [4.69, 9.17) is 4.74 Å². The number of nitrogens with zero attached hydrogens (tertiary/aromatic N) is 2. The van der Waals surface area contributed by atoms with Crippen molar-refractivity contribution < 1.29 is 14.3 Å². The number of esters is 1. The Morgan fingerprint density at radius 2 is 1.93 bits per heavy atom. The van der Waals surface area contributed by atoms with Crippen LogP contribution >= 0.6 is 11.3 Å². The highest BCUT2D eigenvalue weighted by Crippen LogP contribution is 2.28. The summed E-state index contributed by atoms with van der Waals surface area (Å²) >= 11 is 1.57. The average molecular weight is 380 g/mol. The maximum Gasteiger partial charge on any atom is 0.339 e. The summed E-state index contributed by atoms with van der Waals surface area (Å²) in [4.78, 5) is 32.8. The predicted molar refractivity (Wildman–Crippen MR) is 106 cm³/mol. The largest absolute Gasteiger partial charge is 0.449 e. The molecule has 6 heteroatoms. The van der Waals surface area contributed by atoms with E-state index < -0.39 is 12.1 Å². The van der Waals surface area contributed by atoms with Crippen LogP contribution in [-0.4, -0.2) is 41.0 Å². The van der Waals surface area contributed by atoms with E-state index in [9.17, 15) is 9.59 Å². The number of benzene rings is 1. The Morgan fingerprint density at radius 1 is 1.15 bits per heavy atom. The van der Waals surface area contributed by atoms with Gasteiger partial charge in [0.25, 0.3) is 5.91 Å². The number of carbonyl (C=O) groups is 2. The number of aromatic nitrogens is 1. The molecule has 1 saturated heterocycles. The van der Waals surface area contributed by atoms with E-state index in [1.54, 1.807) is 29.2 Å². The predicted octanol–water partition coefficient (Wildman–Crippen LogP) is 4.13. The highest BCUT2D eigenvalue weighted by atomic mass is 32.1. The van der Waals surface area contributed by atoms with Crippen LogP contribution in [0.3, 0.4) is 0 Å². The minimum atomic E-state index is -0.798. The van der Waals surface area contributed by atoms with Crippen LogP contribution in [0.15, 0.2) is 47.8 Å². The molecule has 0 saturated carbocycles. The topological polar surface area (TPSA) is 59.5 Å². The third-order valence-corrected chi connectivity index (χ3v) is 5.65. The molecule has 0 spiro atoms. The van der Waals surface area contributed by atoms with Gasteiger partial charge in [-0.15, -0.1) is 11.3 Å². The van der Waals surface area contributed by atoms with Crippen LogP contribution in [0.1, 0.15) is 30.1 Å². The number of amides is 1. The Labute approximate surface area is 161 Å². The Bertz CT molecular complexity index is 978. The minimum absolute atomic E-state index is 0.127. The lowest BCUT2D eigenvalue weighted by Crippen LogP contribution is -2.38. The molecule has 0 N–H and O–H groups in total. The highest BCUT2D eigenvalue weighted by molar-refractivity contribution is 7.13. The smallest absolute Gasteiger partial charge is 0.339 e. The summed E-state index contributed by atoms with van der Waals surface area (Å²) in [6.07, 6.45) is 1.21. The quantitative estimate of drug-likeness (QED) is 0.639. The van der Waals surface area contributed by atoms with E-state index in [0.29, 0.717) is 5.56 Å². The Morgan fingerprint density at radius 3 is 2.67 bits per heavy atom. The third kappa shape index (κ3) is 3.57. The van der Waals surface area contributed by atoms with E-state index in [1.807, 2.05) is 41.8 Å². The lowest BCUT2D eigenvalue weighted by molar-refractivity contribution is -0.138. The summed E-state index contributed by atoms with van der Waals surface area (Å²) in [7, 11) is 0. The molecule has 0 aliphatic carbocycles. The molecular formula is C21H20N2O3S. The van der Waals surface area contributed by atoms with Crippen LogP contribution in [0, 0.1) is 0 Å². The Hall–Kier alpha value is -2.73. The molecule has 2 aromatic heterocycles. The summed E-state index contributed by atoms with van der Waals surface area (Å²) in [5, 5.41) is 2.70. The number of likely N-dealkylation sites (tertiary alicyclic amines) is 1. The zero-order valence-electron chi connectivity index (χ0n) is 15.1. The number of rotatable bonds is 4. The normalized spacial score (nSPS) is 15.1. The van der Waals surface area contributed by atoms with Gasteiger partial charge in [0.15, 0.2) is 6.10 Å². The van der Waals surface area contributed by atoms with E-state index in [1.165, 1.54) is 0 Å². The van der Waals surface area contributed by atoms with Gasteiger partial charge < -0.3 is 9.64 Å². The van der Waals surface area contributed by atoms with Crippen LogP contribution in [0.5, 0.6) is 0 Å². The average Bonchev–Trinajstić information content (AvgIpc) is 3.40. The van der Waals surface area contributed by atoms with Crippen molar-refractivity contribution in [3.8, 4) is 10.6 Å². The second kappa shape index (κ2) is 7.48. The van der Waals surface area contributed by atoms with E-state index >= 15 is 0 Å². The van der Waals surface area contributed by atoms with Gasteiger partial charge in [0.1, 0.15) is 0 Å². The lowest BCUT2D eigenvalue weighted by atomic mass is 10.1. The first-order valence-electron chi connectivity index (χ1n) is 9.07. The lowest BCUT2D eigenvalue weighted by Gasteiger charge is -2.20. The van der Waals surface area contributed by atoms with Gasteiger partial charge in [-0.25, -0.2) is 9.78 Å². The summed E-state index contributed by atoms with van der Waals surface area (Å²) in [5.74, 6) is -0.621.